The summed E-state index contributed by atoms with van der Waals surface area (Å²) in [5.41, 5.74) is 4.73. The second-order valence-corrected chi connectivity index (χ2v) is 11.6. The Kier molecular flexibility index (Phi) is 8.52. The highest BCUT2D eigenvalue weighted by molar-refractivity contribution is 6.09. The molecule has 0 spiro atoms. The van der Waals surface area contributed by atoms with Crippen LogP contribution >= 0.6 is 0 Å². The van der Waals surface area contributed by atoms with Crippen molar-refractivity contribution >= 4 is 23.3 Å². The van der Waals surface area contributed by atoms with Gasteiger partial charge in [-0.15, -0.1) is 0 Å². The Balaban J connectivity index is 1.80. The number of aliphatic imine (C=N–C) groups is 1. The number of amides is 1. The van der Waals surface area contributed by atoms with Gasteiger partial charge in [0.05, 0.1) is 11.3 Å². The first kappa shape index (κ1) is 29.1. The van der Waals surface area contributed by atoms with Crippen molar-refractivity contribution in [3.63, 3.8) is 0 Å². The smallest absolute Gasteiger partial charge is 0.336 e. The number of carboxylic acid groups (broad SMARTS) is 1. The van der Waals surface area contributed by atoms with E-state index in [1.54, 1.807) is 12.1 Å². The molecule has 1 aliphatic heterocycles. The molecule has 1 amide bonds. The van der Waals surface area contributed by atoms with Crippen LogP contribution in [0.3, 0.4) is 0 Å². The van der Waals surface area contributed by atoms with Crippen LogP contribution in [0.1, 0.15) is 86.2 Å². The summed E-state index contributed by atoms with van der Waals surface area (Å²) in [4.78, 5) is 30.3. The molecule has 2 aromatic rings. The monoisotopic (exact) mass is 543 g/mol. The lowest BCUT2D eigenvalue weighted by Gasteiger charge is -2.37. The molecule has 4 rings (SSSR count). The predicted molar refractivity (Wildman–Crippen MR) is 161 cm³/mol. The lowest BCUT2D eigenvalue weighted by Crippen LogP contribution is -2.37. The van der Waals surface area contributed by atoms with Crippen LogP contribution in [0.4, 0.5) is 5.69 Å². The first-order valence-corrected chi connectivity index (χ1v) is 14.1. The third kappa shape index (κ3) is 5.83. The molecule has 1 heterocycles. The molecule has 0 bridgehead atoms. The van der Waals surface area contributed by atoms with Crippen LogP contribution in [0, 0.1) is 17.3 Å². The van der Waals surface area contributed by atoms with Crippen LogP contribution in [0.2, 0.25) is 0 Å². The van der Waals surface area contributed by atoms with Gasteiger partial charge in [0.2, 0.25) is 0 Å². The highest BCUT2D eigenvalue weighted by atomic mass is 16.5. The van der Waals surface area contributed by atoms with Crippen molar-refractivity contribution in [2.45, 2.75) is 54.4 Å². The molecule has 2 aliphatic rings. The summed E-state index contributed by atoms with van der Waals surface area (Å²) in [6.45, 7) is 16.4. The number of carbonyl (C=O) groups is 2. The second-order valence-electron chi connectivity index (χ2n) is 11.6. The number of hydrogen-bond donors (Lipinski definition) is 3. The average molecular weight is 544 g/mol. The number of aromatic carboxylic acids is 1. The number of benzene rings is 2. The van der Waals surface area contributed by atoms with E-state index >= 15 is 0 Å². The van der Waals surface area contributed by atoms with Crippen molar-refractivity contribution in [2.24, 2.45) is 22.2 Å². The number of carboxylic acids is 1. The maximum Gasteiger partial charge on any atom is 0.336 e. The minimum atomic E-state index is -1.07. The number of rotatable bonds is 9. The fourth-order valence-electron chi connectivity index (χ4n) is 5.12. The van der Waals surface area contributed by atoms with Crippen LogP contribution in [0.15, 0.2) is 64.9 Å². The van der Waals surface area contributed by atoms with E-state index in [2.05, 4.69) is 49.4 Å². The summed E-state index contributed by atoms with van der Waals surface area (Å²) < 4.78 is 6.43. The first-order valence-electron chi connectivity index (χ1n) is 14.1. The molecule has 0 radical (unpaired) electrons. The van der Waals surface area contributed by atoms with Crippen LogP contribution in [-0.4, -0.2) is 42.3 Å². The first-order chi connectivity index (χ1) is 19.0. The fourth-order valence-corrected chi connectivity index (χ4v) is 5.12. The SMILES string of the molecule is CCN=C1C=C2Oc3cc(NCC)ccc3C(c3ccc(C(=O)NCC(C)(C)C(C)C)cc3C(=O)O)C2C=C1C. The van der Waals surface area contributed by atoms with E-state index in [4.69, 9.17) is 4.74 Å². The van der Waals surface area contributed by atoms with Crippen molar-refractivity contribution in [3.8, 4) is 5.75 Å². The lowest BCUT2D eigenvalue weighted by molar-refractivity contribution is 0.0694. The van der Waals surface area contributed by atoms with E-state index < -0.39 is 5.97 Å². The third-order valence-electron chi connectivity index (χ3n) is 8.23. The molecule has 0 aromatic heterocycles. The summed E-state index contributed by atoms with van der Waals surface area (Å²) in [5.74, 6) is -0.0743. The van der Waals surface area contributed by atoms with Gasteiger partial charge in [-0.1, -0.05) is 45.9 Å². The molecule has 0 saturated carbocycles. The molecule has 40 heavy (non-hydrogen) atoms. The molecule has 212 valence electrons. The van der Waals surface area contributed by atoms with Gasteiger partial charge in [-0.05, 0) is 61.4 Å². The summed E-state index contributed by atoms with van der Waals surface area (Å²) in [5, 5.41) is 16.7. The molecule has 3 N–H and O–H groups in total. The molecular weight excluding hydrogens is 502 g/mol. The Bertz CT molecular complexity index is 1400. The number of anilines is 1. The molecule has 7 nitrogen and oxygen atoms in total. The van der Waals surface area contributed by atoms with Gasteiger partial charge in [0, 0.05) is 60.4 Å². The van der Waals surface area contributed by atoms with Crippen LogP contribution in [0.25, 0.3) is 0 Å². The summed E-state index contributed by atoms with van der Waals surface area (Å²) in [6.07, 6.45) is 4.09. The molecule has 2 unspecified atom stereocenters. The summed E-state index contributed by atoms with van der Waals surface area (Å²) in [6, 6.07) is 11.0. The van der Waals surface area contributed by atoms with Gasteiger partial charge >= 0.3 is 5.97 Å². The quantitative estimate of drug-likeness (QED) is 0.328. The van der Waals surface area contributed by atoms with Crippen LogP contribution in [-0.2, 0) is 0 Å². The summed E-state index contributed by atoms with van der Waals surface area (Å²) >= 11 is 0. The third-order valence-corrected chi connectivity index (χ3v) is 8.23. The van der Waals surface area contributed by atoms with Crippen LogP contribution in [0.5, 0.6) is 5.75 Å². The number of nitrogens with one attached hydrogen (secondary N) is 2. The van der Waals surface area contributed by atoms with Gasteiger partial charge in [-0.3, -0.25) is 9.79 Å². The number of fused-ring (bicyclic) bond motifs is 2. The number of ether oxygens (including phenoxy) is 1. The van der Waals surface area contributed by atoms with E-state index in [0.717, 1.165) is 34.8 Å². The van der Waals surface area contributed by atoms with Crippen molar-refractivity contribution in [3.05, 3.63) is 82.1 Å². The molecule has 7 heteroatoms. The average Bonchev–Trinajstić information content (AvgIpc) is 2.91. The number of hydrogen-bond acceptors (Lipinski definition) is 5. The van der Waals surface area contributed by atoms with Crippen molar-refractivity contribution in [1.82, 2.24) is 5.32 Å². The van der Waals surface area contributed by atoms with E-state index in [0.29, 0.717) is 35.9 Å². The molecule has 1 aliphatic carbocycles. The van der Waals surface area contributed by atoms with Gasteiger partial charge in [-0.25, -0.2) is 4.79 Å². The topological polar surface area (TPSA) is 100 Å². The van der Waals surface area contributed by atoms with Crippen molar-refractivity contribution in [2.75, 3.05) is 25.0 Å². The van der Waals surface area contributed by atoms with Gasteiger partial charge in [-0.2, -0.15) is 0 Å². The van der Waals surface area contributed by atoms with Crippen molar-refractivity contribution < 1.29 is 19.4 Å². The number of nitrogens with zero attached hydrogens (tertiary/aromatic N) is 1. The molecule has 0 saturated heterocycles. The second kappa shape index (κ2) is 11.7. The van der Waals surface area contributed by atoms with Gasteiger partial charge in [0.15, 0.2) is 0 Å². The molecule has 2 aromatic carbocycles. The highest BCUT2D eigenvalue weighted by Crippen LogP contribution is 2.49. The maximum absolute atomic E-state index is 13.1. The standard InChI is InChI=1S/C33H41N3O4/c1-8-34-22-11-13-24-28(16-22)40-29-17-27(35-9-2)20(5)14-26(29)30(24)23-12-10-21(15-25(23)32(38)39)31(37)36-18-33(6,7)19(3)4/h10-17,19,26,30,34H,8-9,18H2,1-7H3,(H,36,37)(H,38,39). The normalized spacial score (nSPS) is 19.2. The molecular formula is C33H41N3O4. The zero-order valence-corrected chi connectivity index (χ0v) is 24.6. The van der Waals surface area contributed by atoms with Gasteiger partial charge in [0.25, 0.3) is 5.91 Å². The maximum atomic E-state index is 13.1. The fraction of sp³-hybridized carbons (Fsp3) is 0.424. The predicted octanol–water partition coefficient (Wildman–Crippen LogP) is 6.67. The minimum Gasteiger partial charge on any atom is -0.478 e. The largest absolute Gasteiger partial charge is 0.478 e. The Morgan fingerprint density at radius 2 is 1.82 bits per heavy atom. The van der Waals surface area contributed by atoms with Crippen molar-refractivity contribution in [1.29, 1.82) is 0 Å². The van der Waals surface area contributed by atoms with E-state index in [-0.39, 0.29) is 28.7 Å². The van der Waals surface area contributed by atoms with E-state index in [1.165, 1.54) is 6.07 Å². The Morgan fingerprint density at radius 3 is 2.48 bits per heavy atom. The van der Waals surface area contributed by atoms with Gasteiger partial charge in [0.1, 0.15) is 11.5 Å². The molecule has 0 fully saturated rings. The zero-order valence-electron chi connectivity index (χ0n) is 24.6. The zero-order chi connectivity index (χ0) is 29.2. The number of carbonyl (C=O) groups excluding carboxylic acids is 1. The Morgan fingerprint density at radius 1 is 1.10 bits per heavy atom. The van der Waals surface area contributed by atoms with E-state index in [9.17, 15) is 14.7 Å². The molecule has 2 atom stereocenters. The minimum absolute atomic E-state index is 0.0869. The Hall–Kier alpha value is -3.87. The summed E-state index contributed by atoms with van der Waals surface area (Å²) in [7, 11) is 0. The van der Waals surface area contributed by atoms with Gasteiger partial charge < -0.3 is 20.5 Å². The Labute approximate surface area is 237 Å². The van der Waals surface area contributed by atoms with Crippen LogP contribution < -0.4 is 15.4 Å². The lowest BCUT2D eigenvalue weighted by atomic mass is 9.73. The number of allylic oxidation sites excluding steroid dienone is 3. The van der Waals surface area contributed by atoms with E-state index in [1.807, 2.05) is 45.0 Å². The highest BCUT2D eigenvalue weighted by Gasteiger charge is 2.39.